The molecule has 6 aliphatic rings. The van der Waals surface area contributed by atoms with E-state index in [1.807, 2.05) is 39.8 Å². The van der Waals surface area contributed by atoms with Crippen molar-refractivity contribution in [1.82, 2.24) is 9.88 Å². The molecule has 67 heavy (non-hydrogen) atoms. The first-order valence-electron chi connectivity index (χ1n) is 23.4. The number of carbonyl (C=O) groups excluding carboxylic acids is 4. The van der Waals surface area contributed by atoms with Crippen molar-refractivity contribution < 1.29 is 62.2 Å². The van der Waals surface area contributed by atoms with E-state index in [-0.39, 0.29) is 50.5 Å². The molecule has 2 amide bonds. The number of halogens is 2. The van der Waals surface area contributed by atoms with Crippen LogP contribution in [0.4, 0.5) is 10.6 Å². The molecular formula is C48H69Cl2N3O13Si. The maximum absolute atomic E-state index is 14.8. The molecule has 2 aliphatic carbocycles. The molecule has 5 heterocycles. The van der Waals surface area contributed by atoms with Crippen molar-refractivity contribution in [2.75, 3.05) is 12.4 Å². The third kappa shape index (κ3) is 9.07. The largest absolute Gasteiger partial charge is 0.511 e. The Balaban J connectivity index is 1.18. The van der Waals surface area contributed by atoms with Crippen molar-refractivity contribution in [3.05, 3.63) is 51.4 Å². The normalized spacial score (nSPS) is 38.1. The van der Waals surface area contributed by atoms with Gasteiger partial charge in [-0.25, -0.2) is 4.79 Å². The van der Waals surface area contributed by atoms with Gasteiger partial charge in [0.25, 0.3) is 5.91 Å². The van der Waals surface area contributed by atoms with Gasteiger partial charge < -0.3 is 53.4 Å². The van der Waals surface area contributed by atoms with Gasteiger partial charge in [-0.2, -0.15) is 0 Å². The van der Waals surface area contributed by atoms with Gasteiger partial charge in [-0.1, -0.05) is 96.0 Å². The molecule has 0 aromatic carbocycles. The second-order valence-corrected chi connectivity index (χ2v) is 26.9. The van der Waals surface area contributed by atoms with Gasteiger partial charge in [0.2, 0.25) is 5.91 Å². The second kappa shape index (κ2) is 18.8. The van der Waals surface area contributed by atoms with E-state index in [2.05, 4.69) is 50.7 Å². The number of methoxy groups -OCH3 is 1. The highest BCUT2D eigenvalue weighted by molar-refractivity contribution is 6.74. The quantitative estimate of drug-likeness (QED) is 0.0413. The Morgan fingerprint density at radius 1 is 1.04 bits per heavy atom. The molecule has 5 fully saturated rings. The molecular weight excluding hydrogens is 926 g/mol. The van der Waals surface area contributed by atoms with E-state index in [1.54, 1.807) is 20.8 Å². The molecule has 1 saturated carbocycles. The number of aromatic amines is 1. The van der Waals surface area contributed by atoms with Crippen molar-refractivity contribution in [1.29, 1.82) is 0 Å². The summed E-state index contributed by atoms with van der Waals surface area (Å²) in [4.78, 5) is 60.0. The van der Waals surface area contributed by atoms with Gasteiger partial charge >= 0.3 is 6.16 Å². The number of aliphatic hydroxyl groups excluding tert-OH is 1. The van der Waals surface area contributed by atoms with Crippen LogP contribution >= 0.6 is 23.2 Å². The zero-order valence-corrected chi connectivity index (χ0v) is 43.3. The average Bonchev–Trinajstić information content (AvgIpc) is 3.84. The summed E-state index contributed by atoms with van der Waals surface area (Å²) in [6, 6.07) is -1.02. The van der Waals surface area contributed by atoms with E-state index in [0.29, 0.717) is 18.5 Å². The summed E-state index contributed by atoms with van der Waals surface area (Å²) in [6.07, 6.45) is -3.65. The zero-order valence-electron chi connectivity index (χ0n) is 40.8. The number of fused-ring (bicyclic) bond motifs is 2. The molecule has 4 aliphatic heterocycles. The minimum absolute atomic E-state index is 0.121. The van der Waals surface area contributed by atoms with Crippen LogP contribution in [0.1, 0.15) is 87.3 Å². The average molecular weight is 995 g/mol. The van der Waals surface area contributed by atoms with Crippen LogP contribution in [0.15, 0.2) is 35.6 Å². The van der Waals surface area contributed by atoms with Crippen molar-refractivity contribution >= 4 is 61.1 Å². The van der Waals surface area contributed by atoms with Crippen LogP contribution in [0.5, 0.6) is 0 Å². The monoisotopic (exact) mass is 993 g/mol. The van der Waals surface area contributed by atoms with Crippen LogP contribution in [0.3, 0.4) is 0 Å². The van der Waals surface area contributed by atoms with Gasteiger partial charge in [0.05, 0.1) is 29.3 Å². The number of ketones is 1. The standard InChI is InChI=1S/C48H69Cl2N3O13Si/c1-20(2)35-37(55)32(44(57)53(35)45-40(60-12)39-38(25(7)62-45)64-46(58)65-39)36(54)31-22(4)15-17-27-28(18-16-21(3)30(27)31)63-29-19-48(59,41(26(8)61-29)66-67(13,14)47(9,10)11)23(5)43(56)52-42-34(50)33(49)24(6)51-42/h15,17,20,22-23,25-31,35,38-41,45,51,54,59H,3,16,18-19H2,1-2,4-14H3,(H,52,56)/b36-32+/t22-,23?,25-,26+,27-,28+,29-,30-,31-,35?,38-,39-,40-,41+,45-,48+/m1/s1. The Morgan fingerprint density at radius 3 is 2.30 bits per heavy atom. The number of likely N-dealkylation sites (tertiary alicyclic amines) is 1. The first kappa shape index (κ1) is 51.6. The lowest BCUT2D eigenvalue weighted by molar-refractivity contribution is -0.296. The number of ether oxygens (including phenoxy) is 6. The smallest absolute Gasteiger partial charge is 0.509 e. The Labute approximate surface area is 404 Å². The lowest BCUT2D eigenvalue weighted by Crippen LogP contribution is -2.66. The van der Waals surface area contributed by atoms with Gasteiger partial charge in [-0.15, -0.1) is 0 Å². The summed E-state index contributed by atoms with van der Waals surface area (Å²) < 4.78 is 43.3. The number of aliphatic hydroxyl groups is 2. The minimum atomic E-state index is -2.56. The summed E-state index contributed by atoms with van der Waals surface area (Å²) in [5.74, 6) is -5.29. The summed E-state index contributed by atoms with van der Waals surface area (Å²) in [6.45, 7) is 27.3. The van der Waals surface area contributed by atoms with Crippen LogP contribution in [-0.2, 0) is 47.2 Å². The summed E-state index contributed by atoms with van der Waals surface area (Å²) >= 11 is 12.8. The predicted octanol–water partition coefficient (Wildman–Crippen LogP) is 8.16. The molecule has 16 atom stereocenters. The molecule has 1 aromatic rings. The number of aromatic nitrogens is 1. The number of anilines is 1. The molecule has 16 nitrogen and oxygen atoms in total. The van der Waals surface area contributed by atoms with E-state index in [1.165, 1.54) is 12.0 Å². The number of rotatable bonds is 11. The zero-order chi connectivity index (χ0) is 49.6. The van der Waals surface area contributed by atoms with E-state index in [4.69, 9.17) is 56.0 Å². The number of aryl methyl sites for hydroxylation is 1. The molecule has 1 aromatic heterocycles. The number of H-pyrrole nitrogens is 1. The molecule has 372 valence electrons. The fourth-order valence-electron chi connectivity index (χ4n) is 10.9. The van der Waals surface area contributed by atoms with Crippen molar-refractivity contribution in [2.24, 2.45) is 35.5 Å². The summed E-state index contributed by atoms with van der Waals surface area (Å²) in [7, 11) is -1.16. The van der Waals surface area contributed by atoms with E-state index >= 15 is 0 Å². The first-order valence-corrected chi connectivity index (χ1v) is 27.1. The van der Waals surface area contributed by atoms with Gasteiger partial charge in [0, 0.05) is 31.1 Å². The molecule has 19 heteroatoms. The van der Waals surface area contributed by atoms with Crippen molar-refractivity contribution in [2.45, 2.75) is 174 Å². The molecule has 7 rings (SSSR count). The number of nitrogens with zero attached hydrogens (tertiary/aromatic N) is 1. The number of allylic oxidation sites excluding steroid dienone is 3. The maximum atomic E-state index is 14.8. The highest BCUT2D eigenvalue weighted by Crippen LogP contribution is 2.52. The number of Topliss-reactive ketones (excluding diaryl/α,β-unsaturated/α-hetero) is 1. The van der Waals surface area contributed by atoms with Crippen LogP contribution in [0.2, 0.25) is 28.2 Å². The topological polar surface area (TPSA) is 204 Å². The number of amides is 2. The van der Waals surface area contributed by atoms with E-state index < -0.39 is 123 Å². The lowest BCUT2D eigenvalue weighted by Gasteiger charge is -2.53. The van der Waals surface area contributed by atoms with E-state index in [9.17, 15) is 29.4 Å². The molecule has 0 spiro atoms. The van der Waals surface area contributed by atoms with Crippen LogP contribution in [-0.4, -0.2) is 126 Å². The molecule has 0 radical (unpaired) electrons. The van der Waals surface area contributed by atoms with Gasteiger partial charge in [0.1, 0.15) is 46.0 Å². The van der Waals surface area contributed by atoms with Crippen molar-refractivity contribution in [3.8, 4) is 0 Å². The highest BCUT2D eigenvalue weighted by Gasteiger charge is 2.61. The molecule has 2 unspecified atom stereocenters. The summed E-state index contributed by atoms with van der Waals surface area (Å²) in [5, 5.41) is 28.5. The van der Waals surface area contributed by atoms with Gasteiger partial charge in [-0.3, -0.25) is 19.3 Å². The fourth-order valence-corrected chi connectivity index (χ4v) is 12.6. The third-order valence-corrected chi connectivity index (χ3v) is 21.1. The lowest BCUT2D eigenvalue weighted by atomic mass is 9.61. The third-order valence-electron chi connectivity index (χ3n) is 15.7. The minimum Gasteiger partial charge on any atom is -0.511 e. The number of carbonyl (C=O) groups is 4. The van der Waals surface area contributed by atoms with Crippen LogP contribution in [0, 0.1) is 42.4 Å². The predicted molar refractivity (Wildman–Crippen MR) is 252 cm³/mol. The molecule has 4 saturated heterocycles. The Bertz CT molecular complexity index is 2210. The van der Waals surface area contributed by atoms with E-state index in [0.717, 1.165) is 5.57 Å². The Kier molecular flexibility index (Phi) is 14.5. The number of hydrogen-bond acceptors (Lipinski definition) is 13. The van der Waals surface area contributed by atoms with Crippen molar-refractivity contribution in [3.63, 3.8) is 0 Å². The SMILES string of the molecule is C=C1CC[C@H](O[C@@H]2C[C@](O)(C(C)C(=O)Nc3[nH]c(C)c(Cl)c3Cl)[C@@H](O[Si](C)(C)C(C)(C)C)[C@H](C)O2)[C@H]2C=C[C@@H](C)[C@@H](/C(O)=C3/C(=O)C(C(C)C)N([C@@H]4O[C@H](C)[C@H]5OC(=O)O[C@H]5[C@H]4OC)C3=O)[C@H]12. The Hall–Kier alpha value is -3.26. The summed E-state index contributed by atoms with van der Waals surface area (Å²) in [5.41, 5.74) is -0.725. The number of hydrogen-bond donors (Lipinski definition) is 4. The number of nitrogens with one attached hydrogen (secondary N) is 2. The fraction of sp³-hybridized carbons (Fsp3) is 0.708. The van der Waals surface area contributed by atoms with Gasteiger partial charge in [-0.05, 0) is 69.5 Å². The molecule has 0 bridgehead atoms. The maximum Gasteiger partial charge on any atom is 0.509 e. The van der Waals surface area contributed by atoms with Gasteiger partial charge in [0.15, 0.2) is 38.8 Å². The van der Waals surface area contributed by atoms with Crippen LogP contribution in [0.25, 0.3) is 0 Å². The van der Waals surface area contributed by atoms with Crippen LogP contribution < -0.4 is 5.32 Å². The highest BCUT2D eigenvalue weighted by atomic mass is 35.5. The first-order chi connectivity index (χ1) is 31.1. The Morgan fingerprint density at radius 2 is 1.70 bits per heavy atom. The molecule has 4 N–H and O–H groups in total. The second-order valence-electron chi connectivity index (χ2n) is 21.3.